The SMILES string of the molecule is CCCc1cc(C(=O)Nc2cncc(C)c2)cc(NN)n1. The molecule has 2 rings (SSSR count). The standard InChI is InChI=1S/C15H19N5O/c1-3-4-12-6-11(7-14(18-12)20-16)15(21)19-13-5-10(2)8-17-9-13/h5-9H,3-4,16H2,1-2H3,(H,18,20)(H,19,21). The molecule has 0 fully saturated rings. The van der Waals surface area contributed by atoms with Crippen molar-refractivity contribution in [2.45, 2.75) is 26.7 Å². The summed E-state index contributed by atoms with van der Waals surface area (Å²) in [5.41, 5.74) is 5.49. The molecule has 1 amide bonds. The van der Waals surface area contributed by atoms with E-state index in [0.29, 0.717) is 17.1 Å². The van der Waals surface area contributed by atoms with Crippen molar-refractivity contribution >= 4 is 17.4 Å². The summed E-state index contributed by atoms with van der Waals surface area (Å²) in [6, 6.07) is 5.27. The van der Waals surface area contributed by atoms with Crippen LogP contribution in [0.1, 0.15) is 35.0 Å². The molecule has 21 heavy (non-hydrogen) atoms. The van der Waals surface area contributed by atoms with Crippen molar-refractivity contribution in [1.29, 1.82) is 0 Å². The number of hydrogen-bond donors (Lipinski definition) is 3. The highest BCUT2D eigenvalue weighted by Gasteiger charge is 2.10. The average molecular weight is 285 g/mol. The van der Waals surface area contributed by atoms with E-state index in [1.54, 1.807) is 24.5 Å². The second-order valence-corrected chi connectivity index (χ2v) is 4.83. The Bertz CT molecular complexity index is 642. The fourth-order valence-electron chi connectivity index (χ4n) is 2.00. The van der Waals surface area contributed by atoms with E-state index in [2.05, 4.69) is 27.6 Å². The number of nitrogens with two attached hydrogens (primary N) is 1. The van der Waals surface area contributed by atoms with Gasteiger partial charge in [-0.05, 0) is 37.1 Å². The van der Waals surface area contributed by atoms with Crippen LogP contribution in [-0.4, -0.2) is 15.9 Å². The minimum atomic E-state index is -0.210. The number of nitrogen functional groups attached to an aromatic ring is 1. The fourth-order valence-corrected chi connectivity index (χ4v) is 2.00. The first-order valence-corrected chi connectivity index (χ1v) is 6.83. The van der Waals surface area contributed by atoms with Gasteiger partial charge in [0.1, 0.15) is 5.82 Å². The van der Waals surface area contributed by atoms with Gasteiger partial charge in [0.05, 0.1) is 11.9 Å². The topological polar surface area (TPSA) is 92.9 Å². The van der Waals surface area contributed by atoms with E-state index in [1.807, 2.05) is 13.0 Å². The number of aromatic nitrogens is 2. The molecule has 2 aromatic rings. The predicted molar refractivity (Wildman–Crippen MR) is 83.0 cm³/mol. The molecule has 0 spiro atoms. The van der Waals surface area contributed by atoms with E-state index in [0.717, 1.165) is 24.1 Å². The Kier molecular flexibility index (Phi) is 4.84. The zero-order valence-corrected chi connectivity index (χ0v) is 12.2. The molecule has 0 saturated carbocycles. The molecule has 4 N–H and O–H groups in total. The molecule has 2 aromatic heterocycles. The number of amides is 1. The number of nitrogens with one attached hydrogen (secondary N) is 2. The Hall–Kier alpha value is -2.47. The molecular formula is C15H19N5O. The molecule has 0 aliphatic carbocycles. The first-order valence-electron chi connectivity index (χ1n) is 6.83. The van der Waals surface area contributed by atoms with Gasteiger partial charge in [-0.25, -0.2) is 10.8 Å². The third-order valence-electron chi connectivity index (χ3n) is 2.93. The summed E-state index contributed by atoms with van der Waals surface area (Å²) < 4.78 is 0. The van der Waals surface area contributed by atoms with Crippen LogP contribution in [0, 0.1) is 6.92 Å². The molecule has 0 aromatic carbocycles. The maximum absolute atomic E-state index is 12.3. The van der Waals surface area contributed by atoms with Crippen molar-refractivity contribution in [3.05, 3.63) is 47.4 Å². The quantitative estimate of drug-likeness (QED) is 0.579. The zero-order valence-electron chi connectivity index (χ0n) is 12.2. The number of hydrogen-bond acceptors (Lipinski definition) is 5. The van der Waals surface area contributed by atoms with Gasteiger partial charge in [-0.2, -0.15) is 0 Å². The number of aryl methyl sites for hydroxylation is 2. The van der Waals surface area contributed by atoms with E-state index in [9.17, 15) is 4.79 Å². The minimum Gasteiger partial charge on any atom is -0.321 e. The van der Waals surface area contributed by atoms with Gasteiger partial charge in [0.2, 0.25) is 0 Å². The van der Waals surface area contributed by atoms with E-state index >= 15 is 0 Å². The second-order valence-electron chi connectivity index (χ2n) is 4.83. The first-order chi connectivity index (χ1) is 10.1. The van der Waals surface area contributed by atoms with Gasteiger partial charge in [0, 0.05) is 17.5 Å². The van der Waals surface area contributed by atoms with Crippen LogP contribution in [0.4, 0.5) is 11.5 Å². The fraction of sp³-hybridized carbons (Fsp3) is 0.267. The molecule has 0 radical (unpaired) electrons. The number of carbonyl (C=O) groups is 1. The smallest absolute Gasteiger partial charge is 0.255 e. The molecule has 0 saturated heterocycles. The van der Waals surface area contributed by atoms with Gasteiger partial charge in [-0.15, -0.1) is 0 Å². The average Bonchev–Trinajstić information content (AvgIpc) is 2.47. The molecule has 6 nitrogen and oxygen atoms in total. The van der Waals surface area contributed by atoms with Crippen LogP contribution >= 0.6 is 0 Å². The van der Waals surface area contributed by atoms with Crippen molar-refractivity contribution in [3.8, 4) is 0 Å². The number of nitrogens with zero attached hydrogens (tertiary/aromatic N) is 2. The highest BCUT2D eigenvalue weighted by Crippen LogP contribution is 2.14. The third-order valence-corrected chi connectivity index (χ3v) is 2.93. The van der Waals surface area contributed by atoms with Gasteiger partial charge in [0.25, 0.3) is 5.91 Å². The summed E-state index contributed by atoms with van der Waals surface area (Å²) in [6.45, 7) is 3.98. The lowest BCUT2D eigenvalue weighted by Crippen LogP contribution is -2.15. The predicted octanol–water partition coefficient (Wildman–Crippen LogP) is 2.28. The van der Waals surface area contributed by atoms with Crippen molar-refractivity contribution in [2.24, 2.45) is 5.84 Å². The number of hydrazine groups is 1. The highest BCUT2D eigenvalue weighted by atomic mass is 16.1. The zero-order chi connectivity index (χ0) is 15.2. The van der Waals surface area contributed by atoms with E-state index in [4.69, 9.17) is 5.84 Å². The van der Waals surface area contributed by atoms with Gasteiger partial charge >= 0.3 is 0 Å². The van der Waals surface area contributed by atoms with Crippen LogP contribution in [0.2, 0.25) is 0 Å². The van der Waals surface area contributed by atoms with Crippen LogP contribution in [0.25, 0.3) is 0 Å². The Balaban J connectivity index is 2.23. The Morgan fingerprint density at radius 2 is 2.10 bits per heavy atom. The lowest BCUT2D eigenvalue weighted by atomic mass is 10.1. The van der Waals surface area contributed by atoms with Gasteiger partial charge in [-0.1, -0.05) is 13.3 Å². The Morgan fingerprint density at radius 1 is 1.29 bits per heavy atom. The maximum atomic E-state index is 12.3. The summed E-state index contributed by atoms with van der Waals surface area (Å²) >= 11 is 0. The molecular weight excluding hydrogens is 266 g/mol. The van der Waals surface area contributed by atoms with Crippen molar-refractivity contribution in [3.63, 3.8) is 0 Å². The number of rotatable bonds is 5. The van der Waals surface area contributed by atoms with Crippen molar-refractivity contribution < 1.29 is 4.79 Å². The van der Waals surface area contributed by atoms with Crippen LogP contribution in [-0.2, 0) is 6.42 Å². The highest BCUT2D eigenvalue weighted by molar-refractivity contribution is 6.04. The van der Waals surface area contributed by atoms with Crippen LogP contribution < -0.4 is 16.6 Å². The summed E-state index contributed by atoms with van der Waals surface area (Å²) in [5.74, 6) is 5.67. The van der Waals surface area contributed by atoms with Crippen molar-refractivity contribution in [2.75, 3.05) is 10.7 Å². The number of pyridine rings is 2. The first kappa shape index (κ1) is 14.9. The minimum absolute atomic E-state index is 0.210. The number of carbonyl (C=O) groups excluding carboxylic acids is 1. The second kappa shape index (κ2) is 6.81. The molecule has 0 unspecified atom stereocenters. The van der Waals surface area contributed by atoms with Crippen LogP contribution in [0.5, 0.6) is 0 Å². The molecule has 110 valence electrons. The molecule has 2 heterocycles. The summed E-state index contributed by atoms with van der Waals surface area (Å²) in [6.07, 6.45) is 5.09. The lowest BCUT2D eigenvalue weighted by molar-refractivity contribution is 0.102. The lowest BCUT2D eigenvalue weighted by Gasteiger charge is -2.09. The molecule has 6 heteroatoms. The van der Waals surface area contributed by atoms with Gasteiger partial charge in [0.15, 0.2) is 0 Å². The summed E-state index contributed by atoms with van der Waals surface area (Å²) in [7, 11) is 0. The Labute approximate surface area is 123 Å². The third kappa shape index (κ3) is 4.00. The van der Waals surface area contributed by atoms with Gasteiger partial charge < -0.3 is 10.7 Å². The van der Waals surface area contributed by atoms with Gasteiger partial charge in [-0.3, -0.25) is 9.78 Å². The normalized spacial score (nSPS) is 10.2. The van der Waals surface area contributed by atoms with Crippen LogP contribution in [0.15, 0.2) is 30.6 Å². The largest absolute Gasteiger partial charge is 0.321 e. The summed E-state index contributed by atoms with van der Waals surface area (Å²) in [4.78, 5) is 20.7. The number of anilines is 2. The van der Waals surface area contributed by atoms with E-state index in [1.165, 1.54) is 0 Å². The molecule has 0 aliphatic heterocycles. The molecule has 0 atom stereocenters. The monoisotopic (exact) mass is 285 g/mol. The van der Waals surface area contributed by atoms with E-state index in [-0.39, 0.29) is 5.91 Å². The van der Waals surface area contributed by atoms with Crippen molar-refractivity contribution in [1.82, 2.24) is 9.97 Å². The summed E-state index contributed by atoms with van der Waals surface area (Å²) in [5, 5.41) is 2.82. The molecule has 0 bridgehead atoms. The van der Waals surface area contributed by atoms with Crippen LogP contribution in [0.3, 0.4) is 0 Å². The molecule has 0 aliphatic rings. The maximum Gasteiger partial charge on any atom is 0.255 e. The van der Waals surface area contributed by atoms with E-state index < -0.39 is 0 Å². The Morgan fingerprint density at radius 3 is 2.76 bits per heavy atom.